The minimum atomic E-state index is -3.63. The summed E-state index contributed by atoms with van der Waals surface area (Å²) in [5.74, 6) is 1.18. The molecular formula is C21H24Cl2N2O3S2. The van der Waals surface area contributed by atoms with Crippen molar-refractivity contribution >= 4 is 50.9 Å². The Morgan fingerprint density at radius 1 is 1.13 bits per heavy atom. The van der Waals surface area contributed by atoms with E-state index < -0.39 is 10.0 Å². The van der Waals surface area contributed by atoms with Crippen LogP contribution in [0.5, 0.6) is 0 Å². The smallest absolute Gasteiger partial charge is 0.243 e. The van der Waals surface area contributed by atoms with E-state index in [9.17, 15) is 13.2 Å². The van der Waals surface area contributed by atoms with Crippen LogP contribution in [0.2, 0.25) is 10.0 Å². The lowest BCUT2D eigenvalue weighted by Gasteiger charge is -2.31. The highest BCUT2D eigenvalue weighted by atomic mass is 35.5. The Balaban J connectivity index is 1.46. The molecule has 0 radical (unpaired) electrons. The molecule has 0 aliphatic carbocycles. The zero-order valence-corrected chi connectivity index (χ0v) is 19.5. The molecule has 1 amide bonds. The summed E-state index contributed by atoms with van der Waals surface area (Å²) in [4.78, 5) is 12.8. The van der Waals surface area contributed by atoms with Crippen molar-refractivity contribution in [3.05, 3.63) is 64.1 Å². The van der Waals surface area contributed by atoms with E-state index in [0.717, 1.165) is 22.1 Å². The lowest BCUT2D eigenvalue weighted by atomic mass is 9.99. The molecule has 0 unspecified atom stereocenters. The van der Waals surface area contributed by atoms with Gasteiger partial charge >= 0.3 is 0 Å². The number of hydrogen-bond acceptors (Lipinski definition) is 4. The number of piperidine rings is 1. The standard InChI is InChI=1S/C21H24Cl2N2O3S2/c22-18-6-8-20(9-7-18)30(27,28)25-11-2-4-17(14-25)21(26)24-10-12-29-15-16-3-1-5-19(23)13-16/h1,3,5-9,13,17H,2,4,10-12,14-15H2,(H,24,26)/t17-/m1/s1. The monoisotopic (exact) mass is 486 g/mol. The Labute approximate surface area is 192 Å². The molecular weight excluding hydrogens is 463 g/mol. The first-order valence-electron chi connectivity index (χ1n) is 9.72. The van der Waals surface area contributed by atoms with Crippen LogP contribution < -0.4 is 5.32 Å². The number of benzene rings is 2. The van der Waals surface area contributed by atoms with Gasteiger partial charge in [0.2, 0.25) is 15.9 Å². The average molecular weight is 487 g/mol. The Morgan fingerprint density at radius 3 is 2.63 bits per heavy atom. The molecule has 1 N–H and O–H groups in total. The van der Waals surface area contributed by atoms with Gasteiger partial charge in [-0.05, 0) is 54.8 Å². The Bertz CT molecular complexity index is 968. The molecule has 0 saturated carbocycles. The lowest BCUT2D eigenvalue weighted by molar-refractivity contribution is -0.125. The van der Waals surface area contributed by atoms with Crippen molar-refractivity contribution in [3.8, 4) is 0 Å². The van der Waals surface area contributed by atoms with Crippen molar-refractivity contribution in [2.45, 2.75) is 23.5 Å². The molecule has 2 aromatic carbocycles. The molecule has 1 aliphatic heterocycles. The highest BCUT2D eigenvalue weighted by Crippen LogP contribution is 2.25. The van der Waals surface area contributed by atoms with Crippen LogP contribution in [-0.4, -0.2) is 44.0 Å². The second kappa shape index (κ2) is 10.9. The minimum Gasteiger partial charge on any atom is -0.355 e. The zero-order chi connectivity index (χ0) is 21.6. The number of hydrogen-bond donors (Lipinski definition) is 1. The molecule has 1 heterocycles. The van der Waals surface area contributed by atoms with Crippen molar-refractivity contribution in [2.75, 3.05) is 25.4 Å². The molecule has 5 nitrogen and oxygen atoms in total. The molecule has 3 rings (SSSR count). The summed E-state index contributed by atoms with van der Waals surface area (Å²) in [6.45, 7) is 1.17. The molecule has 1 aliphatic rings. The number of thioether (sulfide) groups is 1. The van der Waals surface area contributed by atoms with Gasteiger partial charge in [0, 0.05) is 41.2 Å². The third-order valence-corrected chi connectivity index (χ3v) is 8.31. The molecule has 9 heteroatoms. The van der Waals surface area contributed by atoms with Gasteiger partial charge in [0.1, 0.15) is 0 Å². The SMILES string of the molecule is O=C(NCCSCc1cccc(Cl)c1)[C@@H]1CCCN(S(=O)(=O)c2ccc(Cl)cc2)C1. The van der Waals surface area contributed by atoms with E-state index in [4.69, 9.17) is 23.2 Å². The van der Waals surface area contributed by atoms with Gasteiger partial charge in [0.15, 0.2) is 0 Å². The summed E-state index contributed by atoms with van der Waals surface area (Å²) < 4.78 is 27.1. The van der Waals surface area contributed by atoms with Gasteiger partial charge in [-0.2, -0.15) is 16.1 Å². The third-order valence-electron chi connectivity index (χ3n) is 4.91. The lowest BCUT2D eigenvalue weighted by Crippen LogP contribution is -2.45. The second-order valence-electron chi connectivity index (χ2n) is 7.13. The van der Waals surface area contributed by atoms with Crippen molar-refractivity contribution in [3.63, 3.8) is 0 Å². The molecule has 162 valence electrons. The molecule has 0 spiro atoms. The predicted octanol–water partition coefficient (Wildman–Crippen LogP) is 4.44. The molecule has 1 saturated heterocycles. The summed E-state index contributed by atoms with van der Waals surface area (Å²) in [5.41, 5.74) is 1.15. The highest BCUT2D eigenvalue weighted by molar-refractivity contribution is 7.98. The molecule has 2 aromatic rings. The largest absolute Gasteiger partial charge is 0.355 e. The van der Waals surface area contributed by atoms with Crippen LogP contribution in [0.25, 0.3) is 0 Å². The minimum absolute atomic E-state index is 0.0886. The van der Waals surface area contributed by atoms with Crippen LogP contribution in [0, 0.1) is 5.92 Å². The Hall–Kier alpha value is -1.25. The number of nitrogens with zero attached hydrogens (tertiary/aromatic N) is 1. The van der Waals surface area contributed by atoms with Gasteiger partial charge in [-0.3, -0.25) is 4.79 Å². The van der Waals surface area contributed by atoms with E-state index in [0.29, 0.717) is 31.0 Å². The molecule has 0 bridgehead atoms. The summed E-state index contributed by atoms with van der Waals surface area (Å²) in [6, 6.07) is 13.8. The predicted molar refractivity (Wildman–Crippen MR) is 124 cm³/mol. The Kier molecular flexibility index (Phi) is 8.48. The van der Waals surface area contributed by atoms with Gasteiger partial charge in [-0.1, -0.05) is 35.3 Å². The quantitative estimate of drug-likeness (QED) is 0.559. The second-order valence-corrected chi connectivity index (χ2v) is 11.0. The van der Waals surface area contributed by atoms with E-state index >= 15 is 0 Å². The van der Waals surface area contributed by atoms with Crippen molar-refractivity contribution in [2.24, 2.45) is 5.92 Å². The summed E-state index contributed by atoms with van der Waals surface area (Å²) in [7, 11) is -3.63. The fourth-order valence-corrected chi connectivity index (χ4v) is 6.01. The number of sulfonamides is 1. The number of carbonyl (C=O) groups is 1. The van der Waals surface area contributed by atoms with Crippen LogP contribution in [0.4, 0.5) is 0 Å². The van der Waals surface area contributed by atoms with Gasteiger partial charge in [-0.25, -0.2) is 8.42 Å². The molecule has 1 fully saturated rings. The summed E-state index contributed by atoms with van der Waals surface area (Å²) in [6.07, 6.45) is 1.35. The number of rotatable bonds is 8. The van der Waals surface area contributed by atoms with Gasteiger partial charge in [-0.15, -0.1) is 0 Å². The first kappa shape index (κ1) is 23.4. The van der Waals surface area contributed by atoms with Gasteiger partial charge in [0.25, 0.3) is 0 Å². The van der Waals surface area contributed by atoms with E-state index in [2.05, 4.69) is 5.32 Å². The number of nitrogens with one attached hydrogen (secondary N) is 1. The van der Waals surface area contributed by atoms with Crippen LogP contribution in [0.3, 0.4) is 0 Å². The maximum Gasteiger partial charge on any atom is 0.243 e. The Morgan fingerprint density at radius 2 is 1.90 bits per heavy atom. The van der Waals surface area contributed by atoms with Crippen LogP contribution in [0.1, 0.15) is 18.4 Å². The maximum absolute atomic E-state index is 12.9. The third kappa shape index (κ3) is 6.37. The molecule has 30 heavy (non-hydrogen) atoms. The van der Waals surface area contributed by atoms with Crippen molar-refractivity contribution in [1.29, 1.82) is 0 Å². The zero-order valence-electron chi connectivity index (χ0n) is 16.4. The van der Waals surface area contributed by atoms with Gasteiger partial charge in [0.05, 0.1) is 10.8 Å². The number of carbonyl (C=O) groups excluding carboxylic acids is 1. The molecule has 0 aromatic heterocycles. The van der Waals surface area contributed by atoms with Crippen LogP contribution in [-0.2, 0) is 20.6 Å². The van der Waals surface area contributed by atoms with E-state index in [1.165, 1.54) is 16.4 Å². The van der Waals surface area contributed by atoms with E-state index in [-0.39, 0.29) is 23.3 Å². The van der Waals surface area contributed by atoms with E-state index in [1.54, 1.807) is 23.9 Å². The van der Waals surface area contributed by atoms with Crippen LogP contribution >= 0.6 is 35.0 Å². The van der Waals surface area contributed by atoms with Gasteiger partial charge < -0.3 is 5.32 Å². The number of amides is 1. The molecule has 1 atom stereocenters. The summed E-state index contributed by atoms with van der Waals surface area (Å²) >= 11 is 13.6. The van der Waals surface area contributed by atoms with E-state index in [1.807, 2.05) is 24.3 Å². The maximum atomic E-state index is 12.9. The first-order valence-corrected chi connectivity index (χ1v) is 13.1. The fourth-order valence-electron chi connectivity index (χ4n) is 3.34. The topological polar surface area (TPSA) is 66.5 Å². The van der Waals surface area contributed by atoms with Crippen LogP contribution in [0.15, 0.2) is 53.4 Å². The normalized spacial score (nSPS) is 17.6. The van der Waals surface area contributed by atoms with Crippen molar-refractivity contribution < 1.29 is 13.2 Å². The fraction of sp³-hybridized carbons (Fsp3) is 0.381. The first-order chi connectivity index (χ1) is 14.4. The van der Waals surface area contributed by atoms with Crippen molar-refractivity contribution in [1.82, 2.24) is 9.62 Å². The summed E-state index contributed by atoms with van der Waals surface area (Å²) in [5, 5.41) is 4.15. The number of halogens is 2. The highest BCUT2D eigenvalue weighted by Gasteiger charge is 2.33. The average Bonchev–Trinajstić information content (AvgIpc) is 2.74.